The van der Waals surface area contributed by atoms with E-state index in [1.807, 2.05) is 0 Å². The van der Waals surface area contributed by atoms with E-state index in [1.54, 1.807) is 0 Å². The minimum Gasteiger partial charge on any atom is -0.465 e. The molecule has 0 N–H and O–H groups in total. The van der Waals surface area contributed by atoms with E-state index >= 15 is 0 Å². The maximum absolute atomic E-state index is 11.1. The Bertz CT molecular complexity index is 276. The van der Waals surface area contributed by atoms with Gasteiger partial charge in [0.05, 0.1) is 18.4 Å². The van der Waals surface area contributed by atoms with Crippen molar-refractivity contribution >= 4 is 30.9 Å². The molecular formula is C8H16O6SSi. The summed E-state index contributed by atoms with van der Waals surface area (Å²) in [4.78, 5) is 11.2. The lowest BCUT2D eigenvalue weighted by Gasteiger charge is -2.23. The summed E-state index contributed by atoms with van der Waals surface area (Å²) in [6, 6.07) is 0.357. The summed E-state index contributed by atoms with van der Waals surface area (Å²) in [5, 5.41) is 0. The topological polar surface area (TPSA) is 71.1 Å². The van der Waals surface area contributed by atoms with Crippen molar-refractivity contribution in [1.29, 1.82) is 0 Å². The molecular weight excluding hydrogens is 252 g/mol. The molecule has 0 aliphatic carbocycles. The normalized spacial score (nSPS) is 11.0. The van der Waals surface area contributed by atoms with Crippen LogP contribution in [0.5, 0.6) is 0 Å². The van der Waals surface area contributed by atoms with Crippen LogP contribution >= 0.6 is 0 Å². The molecule has 0 rings (SSSR count). The van der Waals surface area contributed by atoms with Crippen LogP contribution in [0.1, 0.15) is 6.42 Å². The molecule has 0 saturated carbocycles. The summed E-state index contributed by atoms with van der Waals surface area (Å²) >= 11 is 0.122. The maximum atomic E-state index is 11.1. The number of carbonyl (C=O) groups excluding carboxylic acids is 1. The highest BCUT2D eigenvalue weighted by Gasteiger charge is 2.38. The third-order valence-electron chi connectivity index (χ3n) is 2.10. The molecule has 94 valence electrons. The van der Waals surface area contributed by atoms with E-state index in [1.165, 1.54) is 28.4 Å². The fourth-order valence-electron chi connectivity index (χ4n) is 1.11. The van der Waals surface area contributed by atoms with E-state index < -0.39 is 14.8 Å². The minimum absolute atomic E-state index is 0.0884. The predicted octanol–water partition coefficient (Wildman–Crippen LogP) is -0.187. The van der Waals surface area contributed by atoms with E-state index in [-0.39, 0.29) is 22.5 Å². The van der Waals surface area contributed by atoms with Crippen molar-refractivity contribution in [1.82, 2.24) is 0 Å². The molecule has 0 aromatic heterocycles. The Labute approximate surface area is 99.3 Å². The molecule has 6 nitrogen and oxygen atoms in total. The van der Waals surface area contributed by atoms with Gasteiger partial charge < -0.3 is 18.0 Å². The van der Waals surface area contributed by atoms with Crippen molar-refractivity contribution in [2.24, 2.45) is 0 Å². The molecule has 0 unspecified atom stereocenters. The smallest absolute Gasteiger partial charge is 0.465 e. The summed E-state index contributed by atoms with van der Waals surface area (Å²) in [5.41, 5.74) is 0. The van der Waals surface area contributed by atoms with Gasteiger partial charge >= 0.3 is 14.8 Å². The summed E-state index contributed by atoms with van der Waals surface area (Å²) in [5.74, 6) is -0.619. The molecule has 0 aromatic rings. The molecule has 16 heavy (non-hydrogen) atoms. The van der Waals surface area contributed by atoms with E-state index in [0.29, 0.717) is 6.04 Å². The van der Waals surface area contributed by atoms with Crippen LogP contribution in [0.2, 0.25) is 6.04 Å². The average molecular weight is 268 g/mol. The van der Waals surface area contributed by atoms with Crippen LogP contribution in [0.4, 0.5) is 0 Å². The second kappa shape index (κ2) is 7.69. The van der Waals surface area contributed by atoms with Crippen LogP contribution < -0.4 is 0 Å². The van der Waals surface area contributed by atoms with Crippen molar-refractivity contribution in [2.75, 3.05) is 28.4 Å². The molecule has 0 atom stereocenters. The molecule has 0 bridgehead atoms. The van der Waals surface area contributed by atoms with Gasteiger partial charge in [0, 0.05) is 27.4 Å². The molecule has 8 heteroatoms. The quantitative estimate of drug-likeness (QED) is 0.362. The Morgan fingerprint density at radius 2 is 1.62 bits per heavy atom. The lowest BCUT2D eigenvalue weighted by atomic mass is 10.3. The second-order valence-electron chi connectivity index (χ2n) is 2.79. The first-order chi connectivity index (χ1) is 7.59. The molecule has 0 saturated heterocycles. The maximum Gasteiger partial charge on any atom is 0.500 e. The Kier molecular flexibility index (Phi) is 7.42. The van der Waals surface area contributed by atoms with Crippen molar-refractivity contribution < 1.29 is 27.0 Å². The number of hydrogen-bond donors (Lipinski definition) is 0. The van der Waals surface area contributed by atoms with E-state index in [0.717, 1.165) is 0 Å². The summed E-state index contributed by atoms with van der Waals surface area (Å²) in [7, 11) is 2.91. The third kappa shape index (κ3) is 4.14. The van der Waals surface area contributed by atoms with Crippen molar-refractivity contribution in [2.45, 2.75) is 12.5 Å². The van der Waals surface area contributed by atoms with Gasteiger partial charge in [0.2, 0.25) is 0 Å². The van der Waals surface area contributed by atoms with Crippen LogP contribution in [0.3, 0.4) is 0 Å². The number of carbonyl (C=O) groups is 1. The van der Waals surface area contributed by atoms with Gasteiger partial charge in [0.25, 0.3) is 0 Å². The monoisotopic (exact) mass is 268 g/mol. The first-order valence-electron chi connectivity index (χ1n) is 4.48. The van der Waals surface area contributed by atoms with Crippen molar-refractivity contribution in [3.8, 4) is 0 Å². The van der Waals surface area contributed by atoms with Crippen LogP contribution in [0.25, 0.3) is 0 Å². The molecule has 0 fully saturated rings. The predicted molar refractivity (Wildman–Crippen MR) is 61.4 cm³/mol. The van der Waals surface area contributed by atoms with Gasteiger partial charge in [-0.3, -0.25) is 0 Å². The van der Waals surface area contributed by atoms with Crippen molar-refractivity contribution in [3.05, 3.63) is 0 Å². The zero-order valence-corrected chi connectivity index (χ0v) is 11.6. The third-order valence-corrected chi connectivity index (χ3v) is 5.41. The lowest BCUT2D eigenvalue weighted by Crippen LogP contribution is -2.43. The molecule has 0 radical (unpaired) electrons. The minimum atomic E-state index is -2.74. The Hall–Kier alpha value is -0.543. The van der Waals surface area contributed by atoms with Crippen LogP contribution in [0, 0.1) is 0 Å². The molecule has 0 aliphatic rings. The Morgan fingerprint density at radius 1 is 1.12 bits per heavy atom. The molecule has 0 aromatic carbocycles. The SMILES string of the molecule is COC(=O)C(CC[Si](OC)(OC)OC)=S=O. The van der Waals surface area contributed by atoms with Gasteiger partial charge in [-0.1, -0.05) is 0 Å². The molecule has 0 spiro atoms. The number of ether oxygens (including phenoxy) is 1. The summed E-state index contributed by atoms with van der Waals surface area (Å²) < 4.78 is 30.6. The van der Waals surface area contributed by atoms with E-state index in [2.05, 4.69) is 4.74 Å². The van der Waals surface area contributed by atoms with Gasteiger partial charge in [0.1, 0.15) is 4.86 Å². The highest BCUT2D eigenvalue weighted by molar-refractivity contribution is 7.68. The number of rotatable bonds is 7. The zero-order valence-electron chi connectivity index (χ0n) is 9.77. The van der Waals surface area contributed by atoms with Crippen LogP contribution in [-0.4, -0.2) is 52.3 Å². The highest BCUT2D eigenvalue weighted by atomic mass is 32.1. The van der Waals surface area contributed by atoms with Crippen LogP contribution in [0.15, 0.2) is 0 Å². The zero-order chi connectivity index (χ0) is 12.6. The fraction of sp³-hybridized carbons (Fsp3) is 0.750. The van der Waals surface area contributed by atoms with Crippen molar-refractivity contribution in [3.63, 3.8) is 0 Å². The van der Waals surface area contributed by atoms with Gasteiger partial charge in [-0.25, -0.2) is 9.00 Å². The standard InChI is InChI=1S/C8H16O6SSi/c1-11-8(9)7(15-10)5-6-16(12-2,13-3)14-4/h5-6H2,1-4H3. The Morgan fingerprint density at radius 3 is 1.94 bits per heavy atom. The average Bonchev–Trinajstić information content (AvgIpc) is 2.35. The first kappa shape index (κ1) is 15.5. The van der Waals surface area contributed by atoms with Gasteiger partial charge in [-0.15, -0.1) is 0 Å². The lowest BCUT2D eigenvalue weighted by molar-refractivity contribution is -0.132. The molecule has 0 heterocycles. The fourth-order valence-corrected chi connectivity index (χ4v) is 3.30. The van der Waals surface area contributed by atoms with E-state index in [4.69, 9.17) is 13.3 Å². The van der Waals surface area contributed by atoms with Gasteiger partial charge in [0.15, 0.2) is 0 Å². The summed E-state index contributed by atoms with van der Waals surface area (Å²) in [6.07, 6.45) is 0.225. The van der Waals surface area contributed by atoms with Gasteiger partial charge in [-0.2, -0.15) is 0 Å². The molecule has 0 amide bonds. The Balaban J connectivity index is 4.52. The number of methoxy groups -OCH3 is 1. The summed E-state index contributed by atoms with van der Waals surface area (Å²) in [6.45, 7) is 0. The largest absolute Gasteiger partial charge is 0.500 e. The molecule has 0 aliphatic heterocycles. The van der Waals surface area contributed by atoms with Gasteiger partial charge in [-0.05, 0) is 6.42 Å². The number of esters is 1. The first-order valence-corrected chi connectivity index (χ1v) is 7.15. The van der Waals surface area contributed by atoms with E-state index in [9.17, 15) is 9.00 Å². The highest BCUT2D eigenvalue weighted by Crippen LogP contribution is 2.15. The van der Waals surface area contributed by atoms with Crippen LogP contribution in [-0.2, 0) is 34.1 Å². The second-order valence-corrected chi connectivity index (χ2v) is 6.54. The number of hydrogen-bond acceptors (Lipinski definition) is 6.